The van der Waals surface area contributed by atoms with E-state index < -0.39 is 0 Å². The summed E-state index contributed by atoms with van der Waals surface area (Å²) in [5.74, 6) is 0. The van der Waals surface area contributed by atoms with Crippen molar-refractivity contribution in [2.24, 2.45) is 0 Å². The molecule has 2 atom stereocenters. The zero-order valence-corrected chi connectivity index (χ0v) is 18.7. The lowest BCUT2D eigenvalue weighted by molar-refractivity contribution is -0.611. The summed E-state index contributed by atoms with van der Waals surface area (Å²) in [4.78, 5) is 0. The van der Waals surface area contributed by atoms with E-state index in [9.17, 15) is 0 Å². The molecule has 0 aromatic heterocycles. The number of hydrogen-bond donors (Lipinski definition) is 0. The van der Waals surface area contributed by atoms with Crippen LogP contribution in [0.5, 0.6) is 0 Å². The molecule has 0 bridgehead atoms. The fourth-order valence-electron chi connectivity index (χ4n) is 6.18. The molecule has 0 fully saturated rings. The van der Waals surface area contributed by atoms with E-state index in [2.05, 4.69) is 87.4 Å². The Labute approximate surface area is 177 Å². The van der Waals surface area contributed by atoms with Gasteiger partial charge in [0.2, 0.25) is 5.71 Å². The molecule has 2 aromatic rings. The molecule has 0 radical (unpaired) electrons. The van der Waals surface area contributed by atoms with Gasteiger partial charge in [-0.1, -0.05) is 64.1 Å². The molecule has 1 nitrogen and oxygen atoms in total. The predicted molar refractivity (Wildman–Crippen MR) is 124 cm³/mol. The number of unbranched alkanes of at least 4 members (excludes halogenated alkanes) is 1. The molecule has 4 rings (SSSR count). The lowest BCUT2D eigenvalue weighted by Crippen LogP contribution is -2.62. The molecule has 0 saturated carbocycles. The monoisotopic (exact) mass is 386 g/mol. The van der Waals surface area contributed by atoms with Gasteiger partial charge in [0.25, 0.3) is 0 Å². The third kappa shape index (κ3) is 2.70. The first-order valence-electron chi connectivity index (χ1n) is 11.6. The Bertz CT molecular complexity index is 966. The minimum atomic E-state index is -0.0530. The van der Waals surface area contributed by atoms with Gasteiger partial charge in [-0.05, 0) is 61.1 Å². The quantitative estimate of drug-likeness (QED) is 0.396. The number of benzene rings is 2. The molecule has 0 aliphatic carbocycles. The second-order valence-electron chi connectivity index (χ2n) is 9.01. The van der Waals surface area contributed by atoms with E-state index >= 15 is 0 Å². The molecule has 152 valence electrons. The first kappa shape index (κ1) is 20.1. The first-order valence-corrected chi connectivity index (χ1v) is 11.6. The topological polar surface area (TPSA) is 3.01 Å². The summed E-state index contributed by atoms with van der Waals surface area (Å²) in [5.41, 5.74) is 8.94. The average molecular weight is 387 g/mol. The molecule has 0 saturated heterocycles. The average Bonchev–Trinajstić information content (AvgIpc) is 2.78. The summed E-state index contributed by atoms with van der Waals surface area (Å²) >= 11 is 0. The van der Waals surface area contributed by atoms with Crippen LogP contribution < -0.4 is 0 Å². The standard InChI is InChI=1S/C28H36N/c1-6-10-14-21-15-13-17-23-22(21)19-20-29-26(23)24-16-11-12-18-25(24)27(5,7-2)28(29,8-3)9-4/h8,11-13,15-18H,3,6-7,9-10,14,19-20H2,1-2,4-5H3/q+1. The number of aryl methyl sites for hydroxylation is 1. The molecule has 2 unspecified atom stereocenters. The van der Waals surface area contributed by atoms with Gasteiger partial charge in [-0.2, -0.15) is 0 Å². The van der Waals surface area contributed by atoms with Crippen LogP contribution in [0, 0.1) is 0 Å². The van der Waals surface area contributed by atoms with Crippen molar-refractivity contribution in [3.63, 3.8) is 0 Å². The summed E-state index contributed by atoms with van der Waals surface area (Å²) in [6, 6.07) is 16.1. The summed E-state index contributed by atoms with van der Waals surface area (Å²) in [6.07, 6.45) is 9.29. The Morgan fingerprint density at radius 2 is 1.76 bits per heavy atom. The van der Waals surface area contributed by atoms with Crippen molar-refractivity contribution in [1.82, 2.24) is 0 Å². The SMILES string of the molecule is C=CC1(CC)[N+]2=C(c3ccccc3C1(C)CC)c1cccc(CCCC)c1CC2. The third-order valence-electron chi connectivity index (χ3n) is 7.98. The van der Waals surface area contributed by atoms with Crippen molar-refractivity contribution in [3.8, 4) is 0 Å². The molecule has 2 aliphatic rings. The summed E-state index contributed by atoms with van der Waals surface area (Å²) in [6.45, 7) is 14.9. The number of fused-ring (bicyclic) bond motifs is 4. The van der Waals surface area contributed by atoms with Crippen LogP contribution in [0.1, 0.15) is 81.2 Å². The Morgan fingerprint density at radius 1 is 1.00 bits per heavy atom. The second kappa shape index (κ2) is 7.59. The van der Waals surface area contributed by atoms with Crippen LogP contribution in [0.25, 0.3) is 0 Å². The Morgan fingerprint density at radius 3 is 2.45 bits per heavy atom. The highest BCUT2D eigenvalue weighted by molar-refractivity contribution is 6.13. The Balaban J connectivity index is 2.04. The van der Waals surface area contributed by atoms with E-state index in [0.717, 1.165) is 25.8 Å². The van der Waals surface area contributed by atoms with E-state index in [-0.39, 0.29) is 11.0 Å². The molecule has 29 heavy (non-hydrogen) atoms. The Hall–Kier alpha value is -2.15. The van der Waals surface area contributed by atoms with E-state index in [1.807, 2.05) is 0 Å². The highest BCUT2D eigenvalue weighted by Crippen LogP contribution is 2.49. The molecule has 1 heteroatoms. The molecule has 0 amide bonds. The maximum Gasteiger partial charge on any atom is 0.215 e. The summed E-state index contributed by atoms with van der Waals surface area (Å²) in [5, 5.41) is 0. The van der Waals surface area contributed by atoms with E-state index in [1.165, 1.54) is 41.7 Å². The minimum Gasteiger partial charge on any atom is -0.219 e. The van der Waals surface area contributed by atoms with Gasteiger partial charge in [-0.25, -0.2) is 4.58 Å². The Kier molecular flexibility index (Phi) is 5.27. The van der Waals surface area contributed by atoms with Gasteiger partial charge in [0, 0.05) is 12.8 Å². The molecule has 2 aromatic carbocycles. The number of rotatable bonds is 6. The van der Waals surface area contributed by atoms with Gasteiger partial charge >= 0.3 is 0 Å². The second-order valence-corrected chi connectivity index (χ2v) is 9.01. The number of hydrogen-bond acceptors (Lipinski definition) is 0. The minimum absolute atomic E-state index is 0.0530. The molecule has 0 N–H and O–H groups in total. The fraction of sp³-hybridized carbons (Fsp3) is 0.464. The van der Waals surface area contributed by atoms with Gasteiger partial charge < -0.3 is 0 Å². The van der Waals surface area contributed by atoms with Crippen LogP contribution in [0.2, 0.25) is 0 Å². The zero-order chi connectivity index (χ0) is 20.6. The van der Waals surface area contributed by atoms with E-state index in [1.54, 1.807) is 11.1 Å². The van der Waals surface area contributed by atoms with Crippen molar-refractivity contribution >= 4 is 5.71 Å². The molecule has 2 heterocycles. The van der Waals surface area contributed by atoms with Crippen LogP contribution in [-0.4, -0.2) is 22.4 Å². The normalized spacial score (nSPS) is 25.2. The molecular formula is C28H36N+. The first-order chi connectivity index (χ1) is 14.1. The smallest absolute Gasteiger partial charge is 0.215 e. The molecular weight excluding hydrogens is 350 g/mol. The van der Waals surface area contributed by atoms with Gasteiger partial charge in [-0.15, -0.1) is 0 Å². The van der Waals surface area contributed by atoms with Crippen LogP contribution in [0.15, 0.2) is 55.1 Å². The number of nitrogens with zero attached hydrogens (tertiary/aromatic N) is 1. The van der Waals surface area contributed by atoms with Gasteiger partial charge in [0.1, 0.15) is 6.54 Å². The van der Waals surface area contributed by atoms with Crippen molar-refractivity contribution in [3.05, 3.63) is 82.9 Å². The van der Waals surface area contributed by atoms with Gasteiger partial charge in [-0.3, -0.25) is 0 Å². The van der Waals surface area contributed by atoms with Crippen LogP contribution in [-0.2, 0) is 18.3 Å². The lowest BCUT2D eigenvalue weighted by Gasteiger charge is -2.49. The van der Waals surface area contributed by atoms with Crippen LogP contribution >= 0.6 is 0 Å². The zero-order valence-electron chi connectivity index (χ0n) is 18.7. The summed E-state index contributed by atoms with van der Waals surface area (Å²) in [7, 11) is 0. The van der Waals surface area contributed by atoms with Crippen molar-refractivity contribution in [1.29, 1.82) is 0 Å². The maximum atomic E-state index is 4.39. The maximum absolute atomic E-state index is 4.39. The van der Waals surface area contributed by atoms with Crippen molar-refractivity contribution in [2.45, 2.75) is 77.2 Å². The highest BCUT2D eigenvalue weighted by atomic mass is 15.1. The van der Waals surface area contributed by atoms with Crippen molar-refractivity contribution < 1.29 is 4.58 Å². The van der Waals surface area contributed by atoms with Crippen LogP contribution in [0.3, 0.4) is 0 Å². The van der Waals surface area contributed by atoms with Crippen LogP contribution in [0.4, 0.5) is 0 Å². The lowest BCUT2D eigenvalue weighted by atomic mass is 9.59. The largest absolute Gasteiger partial charge is 0.219 e. The van der Waals surface area contributed by atoms with Crippen molar-refractivity contribution in [2.75, 3.05) is 6.54 Å². The molecule has 0 spiro atoms. The van der Waals surface area contributed by atoms with E-state index in [0.29, 0.717) is 0 Å². The molecule has 2 aliphatic heterocycles. The highest BCUT2D eigenvalue weighted by Gasteiger charge is 2.59. The van der Waals surface area contributed by atoms with E-state index in [4.69, 9.17) is 0 Å². The summed E-state index contributed by atoms with van der Waals surface area (Å²) < 4.78 is 2.72. The third-order valence-corrected chi connectivity index (χ3v) is 7.98. The fourth-order valence-corrected chi connectivity index (χ4v) is 6.18. The van der Waals surface area contributed by atoms with Gasteiger partial charge in [0.15, 0.2) is 5.54 Å². The predicted octanol–water partition coefficient (Wildman–Crippen LogP) is 6.45. The van der Waals surface area contributed by atoms with Gasteiger partial charge in [0.05, 0.1) is 16.5 Å².